The average Bonchev–Trinajstić information content (AvgIpc) is 2.42. The van der Waals surface area contributed by atoms with E-state index >= 15 is 0 Å². The van der Waals surface area contributed by atoms with E-state index in [-0.39, 0.29) is 16.5 Å². The van der Waals surface area contributed by atoms with Gasteiger partial charge in [0.25, 0.3) is 5.91 Å². The minimum Gasteiger partial charge on any atom is -0.338 e. The molecule has 0 aliphatic carbocycles. The molecule has 0 saturated carbocycles. The Morgan fingerprint density at radius 1 is 1.32 bits per heavy atom. The Balaban J connectivity index is 2.17. The minimum absolute atomic E-state index is 0.0733. The average molecular weight is 285 g/mol. The van der Waals surface area contributed by atoms with Gasteiger partial charge in [-0.05, 0) is 25.0 Å². The van der Waals surface area contributed by atoms with E-state index < -0.39 is 17.5 Å². The highest BCUT2D eigenvalue weighted by molar-refractivity contribution is 6.30. The molecule has 0 aromatic heterocycles. The van der Waals surface area contributed by atoms with Crippen molar-refractivity contribution < 1.29 is 13.6 Å². The van der Waals surface area contributed by atoms with Crippen molar-refractivity contribution in [3.8, 4) is 6.07 Å². The Morgan fingerprint density at radius 3 is 2.53 bits per heavy atom. The third-order valence-electron chi connectivity index (χ3n) is 3.21. The van der Waals surface area contributed by atoms with E-state index in [1.807, 2.05) is 0 Å². The van der Waals surface area contributed by atoms with Gasteiger partial charge in [-0.2, -0.15) is 5.26 Å². The summed E-state index contributed by atoms with van der Waals surface area (Å²) in [6, 6.07) is 3.76. The van der Waals surface area contributed by atoms with Gasteiger partial charge in [0.2, 0.25) is 0 Å². The number of piperidine rings is 1. The summed E-state index contributed by atoms with van der Waals surface area (Å²) < 4.78 is 26.9. The smallest absolute Gasteiger partial charge is 0.256 e. The number of benzene rings is 1. The molecule has 0 unspecified atom stereocenters. The second-order valence-corrected chi connectivity index (χ2v) is 4.85. The van der Waals surface area contributed by atoms with Crippen LogP contribution in [0.2, 0.25) is 5.02 Å². The lowest BCUT2D eigenvalue weighted by molar-refractivity contribution is 0.0702. The molecule has 0 radical (unpaired) electrons. The van der Waals surface area contributed by atoms with Crippen LogP contribution in [-0.4, -0.2) is 23.9 Å². The minimum atomic E-state index is -0.834. The van der Waals surface area contributed by atoms with Crippen LogP contribution in [0.15, 0.2) is 12.1 Å². The van der Waals surface area contributed by atoms with Crippen LogP contribution in [0, 0.1) is 28.9 Å². The summed E-state index contributed by atoms with van der Waals surface area (Å²) in [7, 11) is 0. The topological polar surface area (TPSA) is 44.1 Å². The standard InChI is InChI=1S/C13H11ClF2N2O/c14-10-6-11(15)9(5-12(10)16)13(19)18-3-1-8(7-17)2-4-18/h5-6,8H,1-4H2. The van der Waals surface area contributed by atoms with E-state index in [2.05, 4.69) is 6.07 Å². The number of hydrogen-bond donors (Lipinski definition) is 0. The third kappa shape index (κ3) is 2.85. The van der Waals surface area contributed by atoms with Crippen molar-refractivity contribution in [2.24, 2.45) is 5.92 Å². The maximum atomic E-state index is 13.6. The molecular weight excluding hydrogens is 274 g/mol. The number of rotatable bonds is 1. The Morgan fingerprint density at radius 2 is 1.95 bits per heavy atom. The van der Waals surface area contributed by atoms with Gasteiger partial charge in [0.1, 0.15) is 11.6 Å². The molecule has 1 fully saturated rings. The second-order valence-electron chi connectivity index (χ2n) is 4.44. The lowest BCUT2D eigenvalue weighted by Gasteiger charge is -2.29. The highest BCUT2D eigenvalue weighted by atomic mass is 35.5. The largest absolute Gasteiger partial charge is 0.338 e. The van der Waals surface area contributed by atoms with Gasteiger partial charge in [0.15, 0.2) is 0 Å². The molecule has 0 bridgehead atoms. The number of amides is 1. The van der Waals surface area contributed by atoms with Gasteiger partial charge in [-0.15, -0.1) is 0 Å². The highest BCUT2D eigenvalue weighted by Crippen LogP contribution is 2.23. The molecule has 1 aliphatic heterocycles. The van der Waals surface area contributed by atoms with Gasteiger partial charge in [-0.25, -0.2) is 8.78 Å². The van der Waals surface area contributed by atoms with E-state index in [1.165, 1.54) is 4.90 Å². The van der Waals surface area contributed by atoms with Crippen molar-refractivity contribution >= 4 is 17.5 Å². The number of nitriles is 1. The van der Waals surface area contributed by atoms with Crippen LogP contribution in [0.5, 0.6) is 0 Å². The molecule has 1 aliphatic rings. The molecule has 0 spiro atoms. The number of carbonyl (C=O) groups excluding carboxylic acids is 1. The van der Waals surface area contributed by atoms with E-state index in [9.17, 15) is 13.6 Å². The zero-order valence-electron chi connectivity index (χ0n) is 10.00. The Hall–Kier alpha value is -1.67. The van der Waals surface area contributed by atoms with Crippen molar-refractivity contribution in [2.45, 2.75) is 12.8 Å². The number of nitrogens with zero attached hydrogens (tertiary/aromatic N) is 2. The zero-order chi connectivity index (χ0) is 14.0. The van der Waals surface area contributed by atoms with E-state index in [4.69, 9.17) is 16.9 Å². The van der Waals surface area contributed by atoms with Gasteiger partial charge in [0, 0.05) is 19.0 Å². The molecule has 100 valence electrons. The molecule has 2 rings (SSSR count). The summed E-state index contributed by atoms with van der Waals surface area (Å²) in [6.45, 7) is 0.751. The van der Waals surface area contributed by atoms with Crippen LogP contribution >= 0.6 is 11.6 Å². The first-order valence-electron chi connectivity index (χ1n) is 5.86. The van der Waals surface area contributed by atoms with Gasteiger partial charge in [0.05, 0.1) is 16.7 Å². The molecule has 1 aromatic carbocycles. The van der Waals surface area contributed by atoms with Crippen molar-refractivity contribution in [3.63, 3.8) is 0 Å². The van der Waals surface area contributed by atoms with Gasteiger partial charge in [-0.3, -0.25) is 4.79 Å². The number of halogens is 3. The van der Waals surface area contributed by atoms with Crippen molar-refractivity contribution in [1.82, 2.24) is 4.90 Å². The monoisotopic (exact) mass is 284 g/mol. The molecule has 6 heteroatoms. The maximum absolute atomic E-state index is 13.6. The predicted octanol–water partition coefficient (Wildman–Crippen LogP) is 2.99. The quantitative estimate of drug-likeness (QED) is 0.744. The molecule has 19 heavy (non-hydrogen) atoms. The van der Waals surface area contributed by atoms with Gasteiger partial charge >= 0.3 is 0 Å². The number of carbonyl (C=O) groups is 1. The van der Waals surface area contributed by atoms with Crippen molar-refractivity contribution in [2.75, 3.05) is 13.1 Å². The first kappa shape index (κ1) is 13.8. The van der Waals surface area contributed by atoms with Crippen molar-refractivity contribution in [3.05, 3.63) is 34.4 Å². The fraction of sp³-hybridized carbons (Fsp3) is 0.385. The number of likely N-dealkylation sites (tertiary alicyclic amines) is 1. The molecular formula is C13H11ClF2N2O. The van der Waals surface area contributed by atoms with Crippen LogP contribution in [-0.2, 0) is 0 Å². The summed E-state index contributed by atoms with van der Waals surface area (Å²) >= 11 is 5.44. The Labute approximate surface area is 114 Å². The fourth-order valence-corrected chi connectivity index (χ4v) is 2.22. The van der Waals surface area contributed by atoms with Crippen LogP contribution in [0.4, 0.5) is 8.78 Å². The summed E-state index contributed by atoms with van der Waals surface area (Å²) in [6.07, 6.45) is 1.11. The van der Waals surface area contributed by atoms with Crippen LogP contribution in [0.25, 0.3) is 0 Å². The molecule has 3 nitrogen and oxygen atoms in total. The molecule has 1 aromatic rings. The summed E-state index contributed by atoms with van der Waals surface area (Å²) in [5.41, 5.74) is -0.322. The zero-order valence-corrected chi connectivity index (χ0v) is 10.8. The SMILES string of the molecule is N#CC1CCN(C(=O)c2cc(F)c(Cl)cc2F)CC1. The first-order chi connectivity index (χ1) is 9.02. The fourth-order valence-electron chi connectivity index (χ4n) is 2.07. The third-order valence-corrected chi connectivity index (χ3v) is 3.49. The van der Waals surface area contributed by atoms with Crippen LogP contribution in [0.1, 0.15) is 23.2 Å². The predicted molar refractivity (Wildman–Crippen MR) is 65.6 cm³/mol. The Kier molecular flexibility index (Phi) is 4.01. The van der Waals surface area contributed by atoms with Crippen LogP contribution < -0.4 is 0 Å². The van der Waals surface area contributed by atoms with Gasteiger partial charge in [-0.1, -0.05) is 11.6 Å². The Bertz CT molecular complexity index is 548. The summed E-state index contributed by atoms with van der Waals surface area (Å²) in [4.78, 5) is 13.5. The molecule has 1 amide bonds. The molecule has 1 saturated heterocycles. The maximum Gasteiger partial charge on any atom is 0.256 e. The molecule has 0 atom stereocenters. The lowest BCUT2D eigenvalue weighted by Crippen LogP contribution is -2.38. The van der Waals surface area contributed by atoms with Gasteiger partial charge < -0.3 is 4.90 Å². The van der Waals surface area contributed by atoms with E-state index in [0.29, 0.717) is 25.9 Å². The molecule has 0 N–H and O–H groups in total. The first-order valence-corrected chi connectivity index (χ1v) is 6.24. The van der Waals surface area contributed by atoms with Crippen LogP contribution in [0.3, 0.4) is 0 Å². The van der Waals surface area contributed by atoms with E-state index in [1.54, 1.807) is 0 Å². The lowest BCUT2D eigenvalue weighted by atomic mass is 9.98. The molecule has 1 heterocycles. The second kappa shape index (κ2) is 5.54. The summed E-state index contributed by atoms with van der Waals surface area (Å²) in [5.74, 6) is -2.29. The normalized spacial score (nSPS) is 16.2. The highest BCUT2D eigenvalue weighted by Gasteiger charge is 2.26. The van der Waals surface area contributed by atoms with Crippen molar-refractivity contribution in [1.29, 1.82) is 5.26 Å². The summed E-state index contributed by atoms with van der Waals surface area (Å²) in [5, 5.41) is 8.42. The van der Waals surface area contributed by atoms with E-state index in [0.717, 1.165) is 12.1 Å². The number of hydrogen-bond acceptors (Lipinski definition) is 2.